The predicted molar refractivity (Wildman–Crippen MR) is 97.8 cm³/mol. The zero-order chi connectivity index (χ0) is 18.2. The van der Waals surface area contributed by atoms with Crippen molar-refractivity contribution < 1.29 is 18.8 Å². The summed E-state index contributed by atoms with van der Waals surface area (Å²) in [5.41, 5.74) is 2.39. The maximum atomic E-state index is 12.8. The van der Waals surface area contributed by atoms with Gasteiger partial charge in [0, 0.05) is 43.7 Å². The number of hydrogen-bond acceptors (Lipinski definition) is 6. The molecule has 0 saturated carbocycles. The second kappa shape index (κ2) is 6.59. The number of piperazine rings is 1. The predicted octanol–water partition coefficient (Wildman–Crippen LogP) is 2.51. The van der Waals surface area contributed by atoms with Crippen LogP contribution in [-0.4, -0.2) is 53.8 Å². The van der Waals surface area contributed by atoms with Crippen LogP contribution in [-0.2, 0) is 6.54 Å². The van der Waals surface area contributed by atoms with E-state index in [1.54, 1.807) is 18.2 Å². The summed E-state index contributed by atoms with van der Waals surface area (Å²) in [4.78, 5) is 17.0. The van der Waals surface area contributed by atoms with Gasteiger partial charge in [0.25, 0.3) is 5.91 Å². The largest absolute Gasteiger partial charge is 0.454 e. The van der Waals surface area contributed by atoms with Gasteiger partial charge in [0.2, 0.25) is 6.79 Å². The summed E-state index contributed by atoms with van der Waals surface area (Å²) in [5, 5.41) is 5.25. The first-order valence-electron chi connectivity index (χ1n) is 9.02. The second-order valence-corrected chi connectivity index (χ2v) is 6.76. The van der Waals surface area contributed by atoms with Gasteiger partial charge in [-0.15, -0.1) is 0 Å². The first kappa shape index (κ1) is 16.1. The first-order chi connectivity index (χ1) is 13.3. The molecule has 7 heteroatoms. The third-order valence-corrected chi connectivity index (χ3v) is 5.10. The highest BCUT2D eigenvalue weighted by Gasteiger charge is 2.25. The standard InChI is InChI=1S/C20H19N3O4/c24-20(14-5-6-18-19(11-14)26-13-25-18)23-9-7-22(8-10-23)12-16-15-3-1-2-4-17(15)27-21-16/h1-6,11H,7-10,12-13H2. The van der Waals surface area contributed by atoms with Gasteiger partial charge in [0.1, 0.15) is 5.69 Å². The van der Waals surface area contributed by atoms with E-state index in [0.717, 1.165) is 36.3 Å². The smallest absolute Gasteiger partial charge is 0.254 e. The number of para-hydroxylation sites is 1. The lowest BCUT2D eigenvalue weighted by molar-refractivity contribution is 0.0626. The fourth-order valence-electron chi connectivity index (χ4n) is 3.59. The number of nitrogens with zero attached hydrogens (tertiary/aromatic N) is 3. The van der Waals surface area contributed by atoms with Gasteiger partial charge < -0.3 is 18.9 Å². The summed E-state index contributed by atoms with van der Waals surface area (Å²) in [6, 6.07) is 13.2. The molecule has 2 aliphatic rings. The third-order valence-electron chi connectivity index (χ3n) is 5.10. The van der Waals surface area contributed by atoms with Gasteiger partial charge in [0.15, 0.2) is 17.1 Å². The van der Waals surface area contributed by atoms with E-state index in [-0.39, 0.29) is 12.7 Å². The highest BCUT2D eigenvalue weighted by molar-refractivity contribution is 5.95. The van der Waals surface area contributed by atoms with Crippen LogP contribution in [0.5, 0.6) is 11.5 Å². The van der Waals surface area contributed by atoms with Crippen molar-refractivity contribution in [1.29, 1.82) is 0 Å². The summed E-state index contributed by atoms with van der Waals surface area (Å²) >= 11 is 0. The quantitative estimate of drug-likeness (QED) is 0.710. The topological polar surface area (TPSA) is 68.0 Å². The first-order valence-corrected chi connectivity index (χ1v) is 9.02. The Morgan fingerprint density at radius 3 is 2.70 bits per heavy atom. The third kappa shape index (κ3) is 3.00. The van der Waals surface area contributed by atoms with Crippen LogP contribution >= 0.6 is 0 Å². The molecule has 0 N–H and O–H groups in total. The van der Waals surface area contributed by atoms with Crippen LogP contribution in [0.2, 0.25) is 0 Å². The fourth-order valence-corrected chi connectivity index (χ4v) is 3.59. The molecule has 27 heavy (non-hydrogen) atoms. The van der Waals surface area contributed by atoms with Crippen molar-refractivity contribution in [3.63, 3.8) is 0 Å². The van der Waals surface area contributed by atoms with Crippen LogP contribution in [0.15, 0.2) is 47.0 Å². The maximum Gasteiger partial charge on any atom is 0.254 e. The Morgan fingerprint density at radius 1 is 1.00 bits per heavy atom. The molecule has 3 heterocycles. The van der Waals surface area contributed by atoms with Crippen molar-refractivity contribution in [3.05, 3.63) is 53.7 Å². The van der Waals surface area contributed by atoms with Crippen LogP contribution < -0.4 is 9.47 Å². The molecule has 1 saturated heterocycles. The number of aromatic nitrogens is 1. The van der Waals surface area contributed by atoms with Crippen LogP contribution in [0.25, 0.3) is 11.0 Å². The lowest BCUT2D eigenvalue weighted by Crippen LogP contribution is -2.48. The van der Waals surface area contributed by atoms with Crippen molar-refractivity contribution in [2.75, 3.05) is 33.0 Å². The second-order valence-electron chi connectivity index (χ2n) is 6.76. The molecule has 7 nitrogen and oxygen atoms in total. The zero-order valence-electron chi connectivity index (χ0n) is 14.8. The molecule has 2 aliphatic heterocycles. The SMILES string of the molecule is O=C(c1ccc2c(c1)OCO2)N1CCN(Cc2noc3ccccc23)CC1. The molecule has 0 spiro atoms. The lowest BCUT2D eigenvalue weighted by atomic mass is 10.1. The molecular weight excluding hydrogens is 346 g/mol. The van der Waals surface area contributed by atoms with Gasteiger partial charge in [-0.05, 0) is 30.3 Å². The van der Waals surface area contributed by atoms with E-state index in [1.807, 2.05) is 29.2 Å². The van der Waals surface area contributed by atoms with E-state index in [2.05, 4.69) is 10.1 Å². The summed E-state index contributed by atoms with van der Waals surface area (Å²) in [7, 11) is 0. The van der Waals surface area contributed by atoms with Crippen LogP contribution in [0.4, 0.5) is 0 Å². The number of carbonyl (C=O) groups is 1. The Balaban J connectivity index is 1.23. The average Bonchev–Trinajstić information content (AvgIpc) is 3.35. The molecule has 5 rings (SSSR count). The monoisotopic (exact) mass is 365 g/mol. The van der Waals surface area contributed by atoms with Crippen molar-refractivity contribution in [2.45, 2.75) is 6.54 Å². The minimum Gasteiger partial charge on any atom is -0.454 e. The molecule has 1 aromatic heterocycles. The van der Waals surface area contributed by atoms with E-state index < -0.39 is 0 Å². The Kier molecular flexibility index (Phi) is 3.94. The number of ether oxygens (including phenoxy) is 2. The Hall–Kier alpha value is -3.06. The highest BCUT2D eigenvalue weighted by atomic mass is 16.7. The van der Waals surface area contributed by atoms with Crippen LogP contribution in [0.1, 0.15) is 16.1 Å². The average molecular weight is 365 g/mol. The Morgan fingerprint density at radius 2 is 1.81 bits per heavy atom. The number of benzene rings is 2. The van der Waals surface area contributed by atoms with Gasteiger partial charge in [-0.25, -0.2) is 0 Å². The van der Waals surface area contributed by atoms with Gasteiger partial charge in [-0.1, -0.05) is 17.3 Å². The lowest BCUT2D eigenvalue weighted by Gasteiger charge is -2.34. The van der Waals surface area contributed by atoms with Gasteiger partial charge in [-0.3, -0.25) is 9.69 Å². The van der Waals surface area contributed by atoms with E-state index in [4.69, 9.17) is 14.0 Å². The van der Waals surface area contributed by atoms with E-state index >= 15 is 0 Å². The van der Waals surface area contributed by atoms with Gasteiger partial charge in [0.05, 0.1) is 0 Å². The summed E-state index contributed by atoms with van der Waals surface area (Å²) in [6.45, 7) is 3.91. The van der Waals surface area contributed by atoms with Gasteiger partial charge >= 0.3 is 0 Å². The summed E-state index contributed by atoms with van der Waals surface area (Å²) < 4.78 is 16.1. The maximum absolute atomic E-state index is 12.8. The fraction of sp³-hybridized carbons (Fsp3) is 0.300. The molecule has 0 radical (unpaired) electrons. The zero-order valence-corrected chi connectivity index (χ0v) is 14.8. The molecule has 0 atom stereocenters. The van der Waals surface area contributed by atoms with Crippen LogP contribution in [0, 0.1) is 0 Å². The molecule has 3 aromatic rings. The molecule has 0 aliphatic carbocycles. The molecular formula is C20H19N3O4. The molecule has 0 bridgehead atoms. The molecule has 1 fully saturated rings. The Labute approximate surface area is 156 Å². The van der Waals surface area contributed by atoms with Crippen LogP contribution in [0.3, 0.4) is 0 Å². The minimum absolute atomic E-state index is 0.0276. The van der Waals surface area contributed by atoms with Gasteiger partial charge in [-0.2, -0.15) is 0 Å². The number of fused-ring (bicyclic) bond motifs is 2. The Bertz CT molecular complexity index is 992. The number of rotatable bonds is 3. The number of hydrogen-bond donors (Lipinski definition) is 0. The molecule has 0 unspecified atom stereocenters. The summed E-state index contributed by atoms with van der Waals surface area (Å²) in [6.07, 6.45) is 0. The molecule has 138 valence electrons. The number of carbonyl (C=O) groups excluding carboxylic acids is 1. The van der Waals surface area contributed by atoms with E-state index in [1.165, 1.54) is 0 Å². The molecule has 2 aromatic carbocycles. The van der Waals surface area contributed by atoms with E-state index in [9.17, 15) is 4.79 Å². The normalized spacial score (nSPS) is 16.8. The summed E-state index contributed by atoms with van der Waals surface area (Å²) in [5.74, 6) is 1.36. The van der Waals surface area contributed by atoms with Crippen molar-refractivity contribution in [2.24, 2.45) is 0 Å². The van der Waals surface area contributed by atoms with Crippen molar-refractivity contribution in [1.82, 2.24) is 15.0 Å². The molecule has 1 amide bonds. The highest BCUT2D eigenvalue weighted by Crippen LogP contribution is 2.33. The van der Waals surface area contributed by atoms with Crippen molar-refractivity contribution >= 4 is 16.9 Å². The van der Waals surface area contributed by atoms with E-state index in [0.29, 0.717) is 30.2 Å². The van der Waals surface area contributed by atoms with Crippen molar-refractivity contribution in [3.8, 4) is 11.5 Å². The minimum atomic E-state index is 0.0276. The number of amides is 1.